The standard InChI is InChI=1S/C31H52O7/c1-3-4-13-23(2)27(37-30-16-9-11-20-35-30)19-18-25-24(14-7-5-6-8-15-29(33)34)26(32)22-28(25)38-31-17-10-12-21-36-31/h5,7,18-19,23-28,30-32H,3-4,6,8-17,20-22H2,1-2H3,(H,33,34)/t23-,24+,25+,26-,27+,28+,30?,31?/m0/s1. The van der Waals surface area contributed by atoms with Crippen molar-refractivity contribution < 1.29 is 34.0 Å². The van der Waals surface area contributed by atoms with Crippen molar-refractivity contribution in [3.63, 3.8) is 0 Å². The van der Waals surface area contributed by atoms with Crippen molar-refractivity contribution in [1.82, 2.24) is 0 Å². The number of aliphatic carboxylic acids is 1. The van der Waals surface area contributed by atoms with Gasteiger partial charge in [0, 0.05) is 32.0 Å². The molecule has 0 radical (unpaired) electrons. The molecule has 7 heteroatoms. The van der Waals surface area contributed by atoms with Gasteiger partial charge in [-0.25, -0.2) is 0 Å². The SMILES string of the molecule is CCCC[C@H](C)[C@@H](C=C[C@@H]1[C@@H](CC=CCCCC(=O)O)[C@@H](O)C[C@H]1OC1CCCCO1)OC1CCCCO1. The average molecular weight is 537 g/mol. The summed E-state index contributed by atoms with van der Waals surface area (Å²) in [6, 6.07) is 0. The molecule has 0 aromatic carbocycles. The van der Waals surface area contributed by atoms with Crippen molar-refractivity contribution in [1.29, 1.82) is 0 Å². The van der Waals surface area contributed by atoms with E-state index in [-0.39, 0.29) is 43.0 Å². The van der Waals surface area contributed by atoms with Gasteiger partial charge >= 0.3 is 5.97 Å². The molecular weight excluding hydrogens is 484 g/mol. The third-order valence-electron chi connectivity index (χ3n) is 8.24. The fourth-order valence-corrected chi connectivity index (χ4v) is 5.88. The Labute approximate surface area is 229 Å². The van der Waals surface area contributed by atoms with Crippen LogP contribution >= 0.6 is 0 Å². The molecule has 8 atom stereocenters. The largest absolute Gasteiger partial charge is 0.481 e. The Hall–Kier alpha value is -1.25. The van der Waals surface area contributed by atoms with E-state index in [2.05, 4.69) is 32.1 Å². The average Bonchev–Trinajstić information content (AvgIpc) is 3.21. The third kappa shape index (κ3) is 10.7. The molecule has 2 saturated heterocycles. The van der Waals surface area contributed by atoms with E-state index in [1.54, 1.807) is 0 Å². The second-order valence-corrected chi connectivity index (χ2v) is 11.4. The molecule has 1 saturated carbocycles. The minimum absolute atomic E-state index is 0.0353. The van der Waals surface area contributed by atoms with E-state index in [1.165, 1.54) is 6.42 Å². The molecule has 3 rings (SSSR count). The lowest BCUT2D eigenvalue weighted by Gasteiger charge is -2.31. The molecule has 3 aliphatic rings. The number of aliphatic hydroxyl groups is 1. The second-order valence-electron chi connectivity index (χ2n) is 11.4. The maximum absolute atomic E-state index is 11.1. The van der Waals surface area contributed by atoms with Crippen LogP contribution in [0.5, 0.6) is 0 Å². The van der Waals surface area contributed by atoms with Gasteiger partial charge < -0.3 is 29.2 Å². The van der Waals surface area contributed by atoms with Crippen LogP contribution in [0, 0.1) is 17.8 Å². The van der Waals surface area contributed by atoms with Crippen molar-refractivity contribution >= 4 is 5.97 Å². The molecule has 1 aliphatic carbocycles. The quantitative estimate of drug-likeness (QED) is 0.174. The summed E-state index contributed by atoms with van der Waals surface area (Å²) < 4.78 is 24.8. The van der Waals surface area contributed by atoms with Crippen LogP contribution in [0.25, 0.3) is 0 Å². The minimum Gasteiger partial charge on any atom is -0.481 e. The molecule has 0 spiro atoms. The number of ether oxygens (including phenoxy) is 4. The highest BCUT2D eigenvalue weighted by molar-refractivity contribution is 5.66. The van der Waals surface area contributed by atoms with E-state index in [0.717, 1.165) is 77.4 Å². The number of carbonyl (C=O) groups is 1. The molecule has 2 unspecified atom stereocenters. The van der Waals surface area contributed by atoms with Gasteiger partial charge in [0.25, 0.3) is 0 Å². The van der Waals surface area contributed by atoms with Crippen molar-refractivity contribution in [2.45, 2.75) is 135 Å². The molecule has 7 nitrogen and oxygen atoms in total. The van der Waals surface area contributed by atoms with Crippen LogP contribution < -0.4 is 0 Å². The van der Waals surface area contributed by atoms with E-state index in [9.17, 15) is 9.90 Å². The molecule has 3 fully saturated rings. The fourth-order valence-electron chi connectivity index (χ4n) is 5.88. The number of carboxylic acids is 1. The van der Waals surface area contributed by atoms with Crippen molar-refractivity contribution in [3.8, 4) is 0 Å². The van der Waals surface area contributed by atoms with Crippen LogP contribution in [0.15, 0.2) is 24.3 Å². The Balaban J connectivity index is 1.71. The number of hydrogen-bond donors (Lipinski definition) is 2. The van der Waals surface area contributed by atoms with Crippen LogP contribution in [-0.2, 0) is 23.7 Å². The highest BCUT2D eigenvalue weighted by Crippen LogP contribution is 2.40. The first-order valence-corrected chi connectivity index (χ1v) is 15.2. The van der Waals surface area contributed by atoms with Gasteiger partial charge in [0.05, 0.1) is 18.3 Å². The predicted molar refractivity (Wildman–Crippen MR) is 148 cm³/mol. The summed E-state index contributed by atoms with van der Waals surface area (Å²) in [5, 5.41) is 19.9. The summed E-state index contributed by atoms with van der Waals surface area (Å²) >= 11 is 0. The molecule has 38 heavy (non-hydrogen) atoms. The number of hydrogen-bond acceptors (Lipinski definition) is 6. The van der Waals surface area contributed by atoms with E-state index in [4.69, 9.17) is 24.1 Å². The maximum atomic E-state index is 11.1. The summed E-state index contributed by atoms with van der Waals surface area (Å²) in [5.74, 6) is -0.302. The van der Waals surface area contributed by atoms with Gasteiger partial charge in [-0.05, 0) is 76.0 Å². The Morgan fingerprint density at radius 2 is 1.79 bits per heavy atom. The summed E-state index contributed by atoms with van der Waals surface area (Å²) in [6.45, 7) is 5.97. The monoisotopic (exact) mass is 536 g/mol. The first-order valence-electron chi connectivity index (χ1n) is 15.2. The van der Waals surface area contributed by atoms with Crippen molar-refractivity contribution in [2.75, 3.05) is 13.2 Å². The number of unbranched alkanes of at least 4 members (excludes halogenated alkanes) is 2. The summed E-state index contributed by atoms with van der Waals surface area (Å²) in [7, 11) is 0. The first kappa shape index (κ1) is 31.3. The van der Waals surface area contributed by atoms with Gasteiger partial charge in [-0.1, -0.05) is 51.0 Å². The maximum Gasteiger partial charge on any atom is 0.303 e. The lowest BCUT2D eigenvalue weighted by Crippen LogP contribution is -2.32. The Morgan fingerprint density at radius 1 is 1.05 bits per heavy atom. The molecule has 2 N–H and O–H groups in total. The molecule has 2 heterocycles. The fraction of sp³-hybridized carbons (Fsp3) is 0.839. The first-order chi connectivity index (χ1) is 18.5. The van der Waals surface area contributed by atoms with Gasteiger partial charge in [0.2, 0.25) is 0 Å². The topological polar surface area (TPSA) is 94.5 Å². The van der Waals surface area contributed by atoms with Crippen LogP contribution in [0.1, 0.15) is 104 Å². The van der Waals surface area contributed by atoms with Gasteiger partial charge in [0.15, 0.2) is 12.6 Å². The smallest absolute Gasteiger partial charge is 0.303 e. The van der Waals surface area contributed by atoms with E-state index >= 15 is 0 Å². The summed E-state index contributed by atoms with van der Waals surface area (Å²) in [4.78, 5) is 10.8. The Kier molecular flexibility index (Phi) is 14.4. The molecule has 2 aliphatic heterocycles. The zero-order valence-corrected chi connectivity index (χ0v) is 23.7. The van der Waals surface area contributed by atoms with Gasteiger partial charge in [-0.2, -0.15) is 0 Å². The molecule has 0 bridgehead atoms. The summed E-state index contributed by atoms with van der Waals surface area (Å²) in [6.07, 6.45) is 20.2. The molecule has 0 aromatic heterocycles. The molecular formula is C31H52O7. The van der Waals surface area contributed by atoms with Gasteiger partial charge in [0.1, 0.15) is 0 Å². The van der Waals surface area contributed by atoms with Crippen molar-refractivity contribution in [2.24, 2.45) is 17.8 Å². The number of allylic oxidation sites excluding steroid dienone is 2. The molecule has 0 aromatic rings. The van der Waals surface area contributed by atoms with Crippen molar-refractivity contribution in [3.05, 3.63) is 24.3 Å². The Bertz CT molecular complexity index is 711. The van der Waals surface area contributed by atoms with Crippen LogP contribution in [-0.4, -0.2) is 60.3 Å². The lowest BCUT2D eigenvalue weighted by atomic mass is 9.88. The van der Waals surface area contributed by atoms with Crippen LogP contribution in [0.4, 0.5) is 0 Å². The predicted octanol–water partition coefficient (Wildman–Crippen LogP) is 6.39. The second kappa shape index (κ2) is 17.4. The van der Waals surface area contributed by atoms with Crippen LogP contribution in [0.2, 0.25) is 0 Å². The molecule has 0 amide bonds. The zero-order valence-electron chi connectivity index (χ0n) is 23.7. The number of rotatable bonds is 16. The van der Waals surface area contributed by atoms with Crippen LogP contribution in [0.3, 0.4) is 0 Å². The zero-order chi connectivity index (χ0) is 27.2. The third-order valence-corrected chi connectivity index (χ3v) is 8.24. The molecule has 218 valence electrons. The van der Waals surface area contributed by atoms with E-state index in [0.29, 0.717) is 18.8 Å². The van der Waals surface area contributed by atoms with Gasteiger partial charge in [-0.15, -0.1) is 0 Å². The van der Waals surface area contributed by atoms with E-state index < -0.39 is 12.1 Å². The minimum atomic E-state index is -0.761. The highest BCUT2D eigenvalue weighted by Gasteiger charge is 2.42. The lowest BCUT2D eigenvalue weighted by molar-refractivity contribution is -0.193. The van der Waals surface area contributed by atoms with Gasteiger partial charge in [-0.3, -0.25) is 4.79 Å². The Morgan fingerprint density at radius 3 is 2.45 bits per heavy atom. The highest BCUT2D eigenvalue weighted by atomic mass is 16.7. The number of aliphatic hydroxyl groups excluding tert-OH is 1. The number of carboxylic acid groups (broad SMARTS) is 1. The normalized spacial score (nSPS) is 32.2. The summed E-state index contributed by atoms with van der Waals surface area (Å²) in [5.41, 5.74) is 0. The van der Waals surface area contributed by atoms with E-state index in [1.807, 2.05) is 6.08 Å².